The number of hydrogen-bond donors (Lipinski definition) is 4. The van der Waals surface area contributed by atoms with E-state index in [0.717, 1.165) is 0 Å². The van der Waals surface area contributed by atoms with Crippen LogP contribution in [0.4, 0.5) is 0 Å². The van der Waals surface area contributed by atoms with E-state index >= 15 is 0 Å². The van der Waals surface area contributed by atoms with Gasteiger partial charge < -0.3 is 40.0 Å². The second-order valence-corrected chi connectivity index (χ2v) is 12.5. The molecule has 4 amide bonds. The van der Waals surface area contributed by atoms with Gasteiger partial charge in [-0.15, -0.1) is 5.10 Å². The Morgan fingerprint density at radius 1 is 1.06 bits per heavy atom. The molecule has 3 heterocycles. The fraction of sp³-hybridized carbons (Fsp3) is 0.545. The van der Waals surface area contributed by atoms with Gasteiger partial charge in [-0.25, -0.2) is 0 Å². The van der Waals surface area contributed by atoms with Crippen LogP contribution in [0.15, 0.2) is 35.0 Å². The topological polar surface area (TPSA) is 203 Å². The minimum absolute atomic E-state index is 0.0182. The van der Waals surface area contributed by atoms with Crippen LogP contribution in [0.5, 0.6) is 11.5 Å². The Balaban J connectivity index is 1.58. The Morgan fingerprint density at radius 2 is 1.84 bits per heavy atom. The van der Waals surface area contributed by atoms with E-state index in [1.165, 1.54) is 20.1 Å². The van der Waals surface area contributed by atoms with Crippen molar-refractivity contribution in [3.63, 3.8) is 0 Å². The Morgan fingerprint density at radius 3 is 2.53 bits per heavy atom. The van der Waals surface area contributed by atoms with Crippen molar-refractivity contribution in [2.24, 2.45) is 5.92 Å². The summed E-state index contributed by atoms with van der Waals surface area (Å²) in [6, 6.07) is 3.99. The van der Waals surface area contributed by atoms with Gasteiger partial charge in [-0.05, 0) is 63.6 Å². The minimum atomic E-state index is -1.26. The van der Waals surface area contributed by atoms with Crippen LogP contribution in [-0.4, -0.2) is 98.7 Å². The number of aliphatic hydroxyl groups is 1. The van der Waals surface area contributed by atoms with Crippen molar-refractivity contribution in [2.45, 2.75) is 84.7 Å². The number of carbonyl (C=O) groups is 4. The fourth-order valence-corrected chi connectivity index (χ4v) is 5.32. The summed E-state index contributed by atoms with van der Waals surface area (Å²) >= 11 is 0. The van der Waals surface area contributed by atoms with Crippen LogP contribution in [0.1, 0.15) is 78.8 Å². The van der Waals surface area contributed by atoms with Gasteiger partial charge in [0.25, 0.3) is 11.8 Å². The van der Waals surface area contributed by atoms with Crippen LogP contribution in [0, 0.1) is 12.8 Å². The third kappa shape index (κ3) is 10.5. The molecule has 3 aromatic rings. The highest BCUT2D eigenvalue weighted by Crippen LogP contribution is 2.29. The number of aromatic nitrogens is 4. The number of fused-ring (bicyclic) bond motifs is 4. The van der Waals surface area contributed by atoms with Crippen LogP contribution in [0.2, 0.25) is 0 Å². The maximum Gasteiger partial charge on any atom is 0.276 e. The number of methoxy groups -OCH3 is 1. The maximum atomic E-state index is 13.4. The Labute approximate surface area is 284 Å². The van der Waals surface area contributed by atoms with Crippen molar-refractivity contribution in [1.82, 2.24) is 41.0 Å². The van der Waals surface area contributed by atoms with Gasteiger partial charge in [-0.1, -0.05) is 24.2 Å². The molecule has 16 nitrogen and oxygen atoms in total. The predicted molar refractivity (Wildman–Crippen MR) is 176 cm³/mol. The van der Waals surface area contributed by atoms with Gasteiger partial charge in [0.2, 0.25) is 11.8 Å². The smallest absolute Gasteiger partial charge is 0.276 e. The molecule has 0 saturated heterocycles. The van der Waals surface area contributed by atoms with E-state index in [2.05, 4.69) is 31.4 Å². The normalized spacial score (nSPS) is 19.6. The molecule has 1 aliphatic rings. The van der Waals surface area contributed by atoms with E-state index in [0.29, 0.717) is 56.1 Å². The molecule has 4 N–H and O–H groups in total. The zero-order valence-electron chi connectivity index (χ0n) is 28.6. The van der Waals surface area contributed by atoms with E-state index in [1.54, 1.807) is 40.9 Å². The van der Waals surface area contributed by atoms with E-state index < -0.39 is 35.9 Å². The molecule has 0 radical (unpaired) electrons. The second-order valence-electron chi connectivity index (χ2n) is 12.5. The molecular formula is C33H46N8O8. The van der Waals surface area contributed by atoms with Crippen LogP contribution in [0.3, 0.4) is 0 Å². The third-order valence-electron chi connectivity index (χ3n) is 7.88. The minimum Gasteiger partial charge on any atom is -0.493 e. The van der Waals surface area contributed by atoms with E-state index in [1.807, 2.05) is 13.8 Å². The van der Waals surface area contributed by atoms with Crippen molar-refractivity contribution >= 4 is 23.6 Å². The standard InChI is InChI=1S/C33H46N8O8/c1-20(2)15-25-31(44)36-29(22(4)42)32(45)34-11-6-7-12-40(33(46)26-16-21(3)49-38-26)13-8-14-41-18-24(37-39-41)19-48-28-17-23(30(43)35-25)9-10-27(28)47-5/h9-10,16-18,20,22,25,29,42H,6-8,11-15,19H2,1-5H3,(H,34,45)(H,35,43)(H,36,44)/t22-,25-,29+/m1/s1. The number of hydrogen-bond acceptors (Lipinski definition) is 11. The monoisotopic (exact) mass is 682 g/mol. The molecule has 3 atom stereocenters. The van der Waals surface area contributed by atoms with Gasteiger partial charge >= 0.3 is 0 Å². The number of nitrogens with one attached hydrogen (secondary N) is 3. The molecule has 1 aromatic carbocycles. The molecule has 4 rings (SSSR count). The number of aliphatic hydroxyl groups excluding tert-OH is 1. The lowest BCUT2D eigenvalue weighted by Gasteiger charge is -2.26. The first-order valence-corrected chi connectivity index (χ1v) is 16.4. The van der Waals surface area contributed by atoms with Crippen LogP contribution in [0.25, 0.3) is 0 Å². The molecule has 0 aliphatic carbocycles. The first kappa shape index (κ1) is 36.8. The molecule has 16 heteroatoms. The number of rotatable bonds is 5. The fourth-order valence-electron chi connectivity index (χ4n) is 5.32. The first-order valence-electron chi connectivity index (χ1n) is 16.4. The van der Waals surface area contributed by atoms with Gasteiger partial charge in [0.15, 0.2) is 17.2 Å². The molecule has 266 valence electrons. The number of ether oxygens (including phenoxy) is 2. The molecule has 0 fully saturated rings. The molecule has 1 aliphatic heterocycles. The summed E-state index contributed by atoms with van der Waals surface area (Å²) in [4.78, 5) is 54.9. The Hall–Kier alpha value is -4.99. The van der Waals surface area contributed by atoms with Gasteiger partial charge in [0, 0.05) is 37.8 Å². The first-order chi connectivity index (χ1) is 23.4. The van der Waals surface area contributed by atoms with Crippen LogP contribution < -0.4 is 25.4 Å². The lowest BCUT2D eigenvalue weighted by atomic mass is 10.0. The van der Waals surface area contributed by atoms with Gasteiger partial charge in [0.1, 0.15) is 30.1 Å². The van der Waals surface area contributed by atoms with Crippen LogP contribution >= 0.6 is 0 Å². The quantitative estimate of drug-likeness (QED) is 0.305. The number of benzene rings is 1. The lowest BCUT2D eigenvalue weighted by molar-refractivity contribution is -0.132. The van der Waals surface area contributed by atoms with Crippen molar-refractivity contribution in [1.29, 1.82) is 0 Å². The molecular weight excluding hydrogens is 636 g/mol. The van der Waals surface area contributed by atoms with E-state index in [-0.39, 0.29) is 48.4 Å². The average Bonchev–Trinajstić information content (AvgIpc) is 3.72. The molecule has 0 saturated carbocycles. The van der Waals surface area contributed by atoms with Gasteiger partial charge in [-0.3, -0.25) is 23.9 Å². The zero-order valence-corrected chi connectivity index (χ0v) is 28.6. The highest BCUT2D eigenvalue weighted by molar-refractivity contribution is 5.99. The number of amides is 4. The average molecular weight is 683 g/mol. The zero-order chi connectivity index (χ0) is 35.5. The maximum absolute atomic E-state index is 13.4. The summed E-state index contributed by atoms with van der Waals surface area (Å²) < 4.78 is 18.2. The molecule has 4 bridgehead atoms. The van der Waals surface area contributed by atoms with Gasteiger partial charge in [-0.2, -0.15) is 0 Å². The van der Waals surface area contributed by atoms with Crippen LogP contribution in [-0.2, 0) is 22.7 Å². The predicted octanol–water partition coefficient (Wildman–Crippen LogP) is 1.61. The van der Waals surface area contributed by atoms with Crippen molar-refractivity contribution < 1.29 is 38.3 Å². The number of aryl methyl sites for hydroxylation is 2. The summed E-state index contributed by atoms with van der Waals surface area (Å²) in [6.07, 6.45) is 2.47. The highest BCUT2D eigenvalue weighted by atomic mass is 16.5. The van der Waals surface area contributed by atoms with Crippen molar-refractivity contribution in [3.05, 3.63) is 53.2 Å². The van der Waals surface area contributed by atoms with E-state index in [4.69, 9.17) is 14.0 Å². The van der Waals surface area contributed by atoms with Crippen molar-refractivity contribution in [3.8, 4) is 11.5 Å². The SMILES string of the molecule is COc1ccc2cc1OCc1cn(nn1)CCCN(C(=O)c1cc(C)on1)CCCCNC(=O)[C@H]([C@@H](C)O)NC(=O)[C@@H](CC(C)C)NC2=O. The Kier molecular flexibility index (Phi) is 13.1. The largest absolute Gasteiger partial charge is 0.493 e. The molecule has 0 spiro atoms. The molecule has 2 aromatic heterocycles. The van der Waals surface area contributed by atoms with E-state index in [9.17, 15) is 24.3 Å². The van der Waals surface area contributed by atoms with Crippen molar-refractivity contribution in [2.75, 3.05) is 26.7 Å². The molecule has 49 heavy (non-hydrogen) atoms. The summed E-state index contributed by atoms with van der Waals surface area (Å²) in [5, 5.41) is 30.8. The number of nitrogens with zero attached hydrogens (tertiary/aromatic N) is 5. The summed E-state index contributed by atoms with van der Waals surface area (Å²) in [7, 11) is 1.48. The van der Waals surface area contributed by atoms with Gasteiger partial charge in [0.05, 0.1) is 19.4 Å². The molecule has 0 unspecified atom stereocenters. The number of carbonyl (C=O) groups excluding carboxylic acids is 4. The summed E-state index contributed by atoms with van der Waals surface area (Å²) in [5.41, 5.74) is 0.974. The highest BCUT2D eigenvalue weighted by Gasteiger charge is 2.30. The summed E-state index contributed by atoms with van der Waals surface area (Å²) in [5.74, 6) is -0.762. The Bertz CT molecular complexity index is 1590. The lowest BCUT2D eigenvalue weighted by Crippen LogP contribution is -2.57. The third-order valence-corrected chi connectivity index (χ3v) is 7.88. The second kappa shape index (κ2) is 17.4. The summed E-state index contributed by atoms with van der Waals surface area (Å²) in [6.45, 7) is 8.50.